The highest BCUT2D eigenvalue weighted by molar-refractivity contribution is 5.70. The number of hydrogen-bond acceptors (Lipinski definition) is 4. The number of benzene rings is 1. The highest BCUT2D eigenvalue weighted by atomic mass is 19.4. The van der Waals surface area contributed by atoms with Crippen molar-refractivity contribution in [1.29, 1.82) is 0 Å². The van der Waals surface area contributed by atoms with Crippen molar-refractivity contribution >= 4 is 6.09 Å². The molecule has 0 saturated carbocycles. The van der Waals surface area contributed by atoms with Gasteiger partial charge in [-0.2, -0.15) is 13.2 Å². The van der Waals surface area contributed by atoms with Gasteiger partial charge in [0.05, 0.1) is 5.69 Å². The molecule has 3 rings (SSSR count). The lowest BCUT2D eigenvalue weighted by atomic mass is 10.1. The maximum Gasteiger partial charge on any atom is 0.414 e. The lowest BCUT2D eigenvalue weighted by Gasteiger charge is -2.20. The van der Waals surface area contributed by atoms with Gasteiger partial charge in [0.1, 0.15) is 5.82 Å². The SMILES string of the molecule is O=C(N[C@H](c1ccccn1)C(F)(F)F)Oc1cccc(Cc2ccc(F)cc2)n1. The van der Waals surface area contributed by atoms with Crippen molar-refractivity contribution in [3.8, 4) is 5.88 Å². The molecule has 150 valence electrons. The molecule has 1 N–H and O–H groups in total. The number of carbonyl (C=O) groups excluding carboxylic acids is 1. The summed E-state index contributed by atoms with van der Waals surface area (Å²) < 4.78 is 57.8. The minimum Gasteiger partial charge on any atom is -0.391 e. The molecule has 1 aromatic carbocycles. The second-order valence-corrected chi connectivity index (χ2v) is 6.03. The molecule has 0 aliphatic carbocycles. The third-order valence-corrected chi connectivity index (χ3v) is 3.85. The van der Waals surface area contributed by atoms with Crippen molar-refractivity contribution in [3.63, 3.8) is 0 Å². The van der Waals surface area contributed by atoms with Gasteiger partial charge < -0.3 is 10.1 Å². The number of nitrogens with one attached hydrogen (secondary N) is 1. The maximum absolute atomic E-state index is 13.3. The molecule has 5 nitrogen and oxygen atoms in total. The number of carbonyl (C=O) groups is 1. The van der Waals surface area contributed by atoms with Crippen LogP contribution in [-0.2, 0) is 6.42 Å². The third-order valence-electron chi connectivity index (χ3n) is 3.85. The van der Waals surface area contributed by atoms with Crippen LogP contribution in [0.4, 0.5) is 22.4 Å². The number of ether oxygens (including phenoxy) is 1. The second kappa shape index (κ2) is 8.68. The molecule has 0 radical (unpaired) electrons. The molecular weight excluding hydrogens is 390 g/mol. The van der Waals surface area contributed by atoms with Gasteiger partial charge in [0.25, 0.3) is 0 Å². The topological polar surface area (TPSA) is 64.1 Å². The minimum absolute atomic E-state index is 0.163. The predicted molar refractivity (Wildman–Crippen MR) is 95.6 cm³/mol. The van der Waals surface area contributed by atoms with E-state index in [0.717, 1.165) is 11.6 Å². The van der Waals surface area contributed by atoms with Crippen LogP contribution < -0.4 is 10.1 Å². The van der Waals surface area contributed by atoms with Crippen molar-refractivity contribution in [2.24, 2.45) is 0 Å². The summed E-state index contributed by atoms with van der Waals surface area (Å²) in [5, 5.41) is 1.77. The first-order valence-corrected chi connectivity index (χ1v) is 8.47. The van der Waals surface area contributed by atoms with Crippen molar-refractivity contribution < 1.29 is 27.1 Å². The lowest BCUT2D eigenvalue weighted by molar-refractivity contribution is -0.156. The standard InChI is InChI=1S/C20H15F4N3O2/c21-14-9-7-13(8-10-14)12-15-4-3-6-17(26-15)29-19(28)27-18(20(22,23)24)16-5-1-2-11-25-16/h1-11,18H,12H2,(H,27,28)/t18-/m1/s1. The summed E-state index contributed by atoms with van der Waals surface area (Å²) in [5.41, 5.74) is 0.904. The molecule has 3 aromatic rings. The Morgan fingerprint density at radius 1 is 1.03 bits per heavy atom. The first-order chi connectivity index (χ1) is 13.8. The maximum atomic E-state index is 13.3. The lowest BCUT2D eigenvalue weighted by Crippen LogP contribution is -2.40. The molecule has 29 heavy (non-hydrogen) atoms. The van der Waals surface area contributed by atoms with Crippen LogP contribution in [0.5, 0.6) is 5.88 Å². The monoisotopic (exact) mass is 405 g/mol. The van der Waals surface area contributed by atoms with Crippen LogP contribution in [0.15, 0.2) is 66.9 Å². The molecule has 0 spiro atoms. The van der Waals surface area contributed by atoms with Crippen LogP contribution in [0.3, 0.4) is 0 Å². The van der Waals surface area contributed by atoms with E-state index in [4.69, 9.17) is 4.74 Å². The van der Waals surface area contributed by atoms with E-state index in [1.807, 2.05) is 0 Å². The smallest absolute Gasteiger partial charge is 0.391 e. The highest BCUT2D eigenvalue weighted by Crippen LogP contribution is 2.31. The fraction of sp³-hybridized carbons (Fsp3) is 0.150. The Bertz CT molecular complexity index is 963. The number of alkyl halides is 3. The zero-order chi connectivity index (χ0) is 20.9. The number of nitrogens with zero attached hydrogens (tertiary/aromatic N) is 2. The van der Waals surface area contributed by atoms with Gasteiger partial charge in [-0.05, 0) is 35.9 Å². The zero-order valence-electron chi connectivity index (χ0n) is 14.9. The van der Waals surface area contributed by atoms with Gasteiger partial charge >= 0.3 is 12.3 Å². The Kier molecular flexibility index (Phi) is 6.06. The fourth-order valence-corrected chi connectivity index (χ4v) is 2.54. The number of rotatable bonds is 5. The summed E-state index contributed by atoms with van der Waals surface area (Å²) >= 11 is 0. The van der Waals surface area contributed by atoms with E-state index in [2.05, 4.69) is 9.97 Å². The molecule has 0 fully saturated rings. The van der Waals surface area contributed by atoms with Gasteiger partial charge in [-0.3, -0.25) is 4.98 Å². The molecule has 1 amide bonds. The Labute approximate surface area is 163 Å². The van der Waals surface area contributed by atoms with E-state index < -0.39 is 18.3 Å². The van der Waals surface area contributed by atoms with E-state index in [0.29, 0.717) is 12.1 Å². The molecule has 0 aliphatic rings. The number of pyridine rings is 2. The average molecular weight is 405 g/mol. The Morgan fingerprint density at radius 2 is 1.79 bits per heavy atom. The largest absolute Gasteiger partial charge is 0.414 e. The third kappa shape index (κ3) is 5.74. The molecule has 0 bridgehead atoms. The number of aromatic nitrogens is 2. The van der Waals surface area contributed by atoms with Crippen LogP contribution in [0.1, 0.15) is 23.0 Å². The van der Waals surface area contributed by atoms with Crippen molar-refractivity contribution in [2.75, 3.05) is 0 Å². The van der Waals surface area contributed by atoms with Crippen LogP contribution in [0.2, 0.25) is 0 Å². The van der Waals surface area contributed by atoms with Gasteiger partial charge in [-0.25, -0.2) is 14.2 Å². The molecule has 1 atom stereocenters. The molecular formula is C20H15F4N3O2. The predicted octanol–water partition coefficient (Wildman–Crippen LogP) is 4.60. The van der Waals surface area contributed by atoms with Gasteiger partial charge in [0.15, 0.2) is 6.04 Å². The Balaban J connectivity index is 1.69. The number of hydrogen-bond donors (Lipinski definition) is 1. The molecule has 2 aromatic heterocycles. The first-order valence-electron chi connectivity index (χ1n) is 8.47. The van der Waals surface area contributed by atoms with Gasteiger partial charge in [0.2, 0.25) is 5.88 Å². The van der Waals surface area contributed by atoms with Crippen LogP contribution in [0.25, 0.3) is 0 Å². The fourth-order valence-electron chi connectivity index (χ4n) is 2.54. The van der Waals surface area contributed by atoms with E-state index in [9.17, 15) is 22.4 Å². The summed E-state index contributed by atoms with van der Waals surface area (Å²) in [6.45, 7) is 0. The quantitative estimate of drug-likeness (QED) is 0.631. The van der Waals surface area contributed by atoms with Crippen molar-refractivity contribution in [3.05, 3.63) is 89.6 Å². The van der Waals surface area contributed by atoms with Crippen LogP contribution in [-0.4, -0.2) is 22.2 Å². The zero-order valence-corrected chi connectivity index (χ0v) is 14.9. The van der Waals surface area contributed by atoms with Crippen LogP contribution in [0, 0.1) is 5.82 Å². The normalized spacial score (nSPS) is 12.3. The summed E-state index contributed by atoms with van der Waals surface area (Å²) in [7, 11) is 0. The van der Waals surface area contributed by atoms with E-state index >= 15 is 0 Å². The van der Waals surface area contributed by atoms with E-state index in [1.165, 1.54) is 36.5 Å². The summed E-state index contributed by atoms with van der Waals surface area (Å²) in [4.78, 5) is 19.7. The Hall–Kier alpha value is -3.49. The van der Waals surface area contributed by atoms with Gasteiger partial charge in [0, 0.05) is 24.4 Å². The molecule has 0 saturated heterocycles. The minimum atomic E-state index is -4.76. The summed E-state index contributed by atoms with van der Waals surface area (Å²) in [6, 6.07) is 12.0. The number of halogens is 4. The van der Waals surface area contributed by atoms with E-state index in [1.54, 1.807) is 29.6 Å². The average Bonchev–Trinajstić information content (AvgIpc) is 2.68. The molecule has 9 heteroatoms. The molecule has 2 heterocycles. The van der Waals surface area contributed by atoms with Crippen molar-refractivity contribution in [1.82, 2.24) is 15.3 Å². The summed E-state index contributed by atoms with van der Waals surface area (Å²) in [5.74, 6) is -0.536. The van der Waals surface area contributed by atoms with Gasteiger partial charge in [-0.1, -0.05) is 24.3 Å². The molecule has 0 aliphatic heterocycles. The first kappa shape index (κ1) is 20.2. The van der Waals surface area contributed by atoms with Crippen LogP contribution >= 0.6 is 0 Å². The highest BCUT2D eigenvalue weighted by Gasteiger charge is 2.43. The molecule has 0 unspecified atom stereocenters. The second-order valence-electron chi connectivity index (χ2n) is 6.03. The summed E-state index contributed by atoms with van der Waals surface area (Å²) in [6.07, 6.45) is -4.55. The van der Waals surface area contributed by atoms with Gasteiger partial charge in [-0.15, -0.1) is 0 Å². The van der Waals surface area contributed by atoms with Crippen molar-refractivity contribution in [2.45, 2.75) is 18.6 Å². The number of amides is 1. The van der Waals surface area contributed by atoms with E-state index in [-0.39, 0.29) is 17.4 Å². The Morgan fingerprint density at radius 3 is 2.45 bits per heavy atom.